The third-order valence-corrected chi connectivity index (χ3v) is 11.7. The molecule has 0 aromatic carbocycles. The van der Waals surface area contributed by atoms with Crippen molar-refractivity contribution in [3.05, 3.63) is 5.92 Å². The van der Waals surface area contributed by atoms with E-state index in [2.05, 4.69) is 20.8 Å². The van der Waals surface area contributed by atoms with Crippen molar-refractivity contribution in [2.75, 3.05) is 0 Å². The standard InChI is InChI=1S/C49H99/c1-4-7-10-13-16-19-22-25-28-31-34-37-40-43-46-49(47-44-41-38-35-32-29-26-23-20-17-14-11-8-5-2)48-45-42-39-36-33-30-27-24-21-18-15-12-9-6-3/h4-48H2,1-3H3. The molecule has 0 spiro atoms. The van der Waals surface area contributed by atoms with Crippen molar-refractivity contribution in [1.82, 2.24) is 0 Å². The molecule has 0 saturated carbocycles. The lowest BCUT2D eigenvalue weighted by molar-refractivity contribution is 0.498. The summed E-state index contributed by atoms with van der Waals surface area (Å²) in [7, 11) is 0. The summed E-state index contributed by atoms with van der Waals surface area (Å²) in [6.07, 6.45) is 66.3. The highest BCUT2D eigenvalue weighted by Crippen LogP contribution is 2.27. The Morgan fingerprint density at radius 1 is 0.163 bits per heavy atom. The highest BCUT2D eigenvalue weighted by atomic mass is 14.1. The zero-order valence-electron chi connectivity index (χ0n) is 35.3. The number of unbranched alkanes of at least 4 members (excludes halogenated alkanes) is 39. The Hall–Kier alpha value is 0. The van der Waals surface area contributed by atoms with Crippen molar-refractivity contribution < 1.29 is 0 Å². The molecule has 0 amide bonds. The van der Waals surface area contributed by atoms with Gasteiger partial charge in [-0.15, -0.1) is 0 Å². The fourth-order valence-electron chi connectivity index (χ4n) is 8.08. The third-order valence-electron chi connectivity index (χ3n) is 11.7. The molecule has 49 heavy (non-hydrogen) atoms. The van der Waals surface area contributed by atoms with Crippen LogP contribution in [0.25, 0.3) is 0 Å². The van der Waals surface area contributed by atoms with Crippen LogP contribution in [0.3, 0.4) is 0 Å². The van der Waals surface area contributed by atoms with Crippen LogP contribution in [-0.2, 0) is 0 Å². The first-order valence-corrected chi connectivity index (χ1v) is 24.2. The summed E-state index contributed by atoms with van der Waals surface area (Å²) < 4.78 is 0. The number of rotatable bonds is 45. The molecule has 0 fully saturated rings. The molecule has 0 aliphatic heterocycles. The quantitative estimate of drug-likeness (QED) is 0.0559. The van der Waals surface area contributed by atoms with E-state index in [0.717, 1.165) is 0 Å². The molecule has 0 aliphatic carbocycles. The van der Waals surface area contributed by atoms with Gasteiger partial charge in [0.1, 0.15) is 0 Å². The second kappa shape index (κ2) is 46.0. The molecule has 0 aliphatic rings. The molecule has 0 heteroatoms. The minimum atomic E-state index is 1.37. The van der Waals surface area contributed by atoms with E-state index in [1.807, 2.05) is 5.92 Å². The van der Waals surface area contributed by atoms with Crippen LogP contribution in [-0.4, -0.2) is 0 Å². The molecule has 0 aromatic rings. The van der Waals surface area contributed by atoms with Gasteiger partial charge >= 0.3 is 0 Å². The molecule has 0 atom stereocenters. The maximum absolute atomic E-state index is 2.32. The first kappa shape index (κ1) is 49.0. The fourth-order valence-corrected chi connectivity index (χ4v) is 8.08. The summed E-state index contributed by atoms with van der Waals surface area (Å²) in [6, 6.07) is 0. The average Bonchev–Trinajstić information content (AvgIpc) is 3.11. The maximum atomic E-state index is 2.32. The molecule has 0 N–H and O–H groups in total. The van der Waals surface area contributed by atoms with Gasteiger partial charge in [-0.3, -0.25) is 0 Å². The van der Waals surface area contributed by atoms with Gasteiger partial charge in [0.15, 0.2) is 0 Å². The lowest BCUT2D eigenvalue weighted by Crippen LogP contribution is -1.99. The van der Waals surface area contributed by atoms with Gasteiger partial charge in [-0.05, 0) is 25.2 Å². The van der Waals surface area contributed by atoms with Gasteiger partial charge < -0.3 is 0 Å². The van der Waals surface area contributed by atoms with Crippen LogP contribution in [0.2, 0.25) is 0 Å². The van der Waals surface area contributed by atoms with E-state index in [1.54, 1.807) is 0 Å². The highest BCUT2D eigenvalue weighted by Gasteiger charge is 2.09. The SMILES string of the molecule is CCCCCCCCCCCCCCCC[C](CCCCCCCCCCCCCCCC)CCCCCCCCCCCCCCCC. The van der Waals surface area contributed by atoms with Crippen molar-refractivity contribution in [1.29, 1.82) is 0 Å². The molecule has 0 rings (SSSR count). The van der Waals surface area contributed by atoms with Gasteiger partial charge in [-0.1, -0.05) is 290 Å². The van der Waals surface area contributed by atoms with Crippen molar-refractivity contribution in [3.63, 3.8) is 0 Å². The Morgan fingerprint density at radius 3 is 0.429 bits per heavy atom. The van der Waals surface area contributed by atoms with Crippen molar-refractivity contribution >= 4 is 0 Å². The summed E-state index contributed by atoms with van der Waals surface area (Å²) in [6.45, 7) is 6.96. The zero-order chi connectivity index (χ0) is 35.4. The maximum Gasteiger partial charge on any atom is -0.0241 e. The smallest absolute Gasteiger partial charge is 0.0241 e. The molecule has 0 nitrogen and oxygen atoms in total. The number of hydrogen-bond acceptors (Lipinski definition) is 0. The van der Waals surface area contributed by atoms with E-state index < -0.39 is 0 Å². The Bertz CT molecular complexity index is 460. The van der Waals surface area contributed by atoms with Crippen LogP contribution in [0.5, 0.6) is 0 Å². The van der Waals surface area contributed by atoms with Gasteiger partial charge in [0.05, 0.1) is 0 Å². The van der Waals surface area contributed by atoms with Crippen LogP contribution >= 0.6 is 0 Å². The molecule has 0 aromatic heterocycles. The van der Waals surface area contributed by atoms with Gasteiger partial charge in [-0.25, -0.2) is 0 Å². The lowest BCUT2D eigenvalue weighted by atomic mass is 9.89. The summed E-state index contributed by atoms with van der Waals surface area (Å²) in [5.74, 6) is 1.96. The highest BCUT2D eigenvalue weighted by molar-refractivity contribution is 4.89. The predicted octanol–water partition coefficient (Wildman–Crippen LogP) is 19.2. The largest absolute Gasteiger partial charge is 0.0654 e. The molecule has 0 unspecified atom stereocenters. The predicted molar refractivity (Wildman–Crippen MR) is 228 cm³/mol. The normalized spacial score (nSPS) is 11.8. The second-order valence-electron chi connectivity index (χ2n) is 16.8. The van der Waals surface area contributed by atoms with Crippen LogP contribution in [0.4, 0.5) is 0 Å². The summed E-state index contributed by atoms with van der Waals surface area (Å²) in [4.78, 5) is 0. The Balaban J connectivity index is 3.93. The summed E-state index contributed by atoms with van der Waals surface area (Å²) in [5, 5.41) is 0. The molecule has 1 radical (unpaired) electrons. The molecule has 295 valence electrons. The average molecular weight is 688 g/mol. The first-order valence-electron chi connectivity index (χ1n) is 24.2. The first-order chi connectivity index (χ1) is 24.3. The second-order valence-corrected chi connectivity index (χ2v) is 16.8. The van der Waals surface area contributed by atoms with E-state index in [4.69, 9.17) is 0 Å². The molecule has 0 heterocycles. The van der Waals surface area contributed by atoms with Crippen LogP contribution in [0.15, 0.2) is 0 Å². The third kappa shape index (κ3) is 44.1. The minimum Gasteiger partial charge on any atom is -0.0654 e. The van der Waals surface area contributed by atoms with Crippen molar-refractivity contribution in [2.24, 2.45) is 0 Å². The summed E-state index contributed by atoms with van der Waals surface area (Å²) in [5.41, 5.74) is 0. The number of hydrogen-bond donors (Lipinski definition) is 0. The Kier molecular flexibility index (Phi) is 46.0. The summed E-state index contributed by atoms with van der Waals surface area (Å²) >= 11 is 0. The van der Waals surface area contributed by atoms with Crippen LogP contribution in [0.1, 0.15) is 310 Å². The monoisotopic (exact) mass is 688 g/mol. The Labute approximate surface area is 314 Å². The van der Waals surface area contributed by atoms with E-state index in [1.165, 1.54) is 289 Å². The van der Waals surface area contributed by atoms with Gasteiger partial charge in [-0.2, -0.15) is 0 Å². The van der Waals surface area contributed by atoms with Crippen molar-refractivity contribution in [3.8, 4) is 0 Å². The molecular formula is C49H99. The Morgan fingerprint density at radius 2 is 0.286 bits per heavy atom. The fraction of sp³-hybridized carbons (Fsp3) is 0.980. The zero-order valence-corrected chi connectivity index (χ0v) is 35.3. The van der Waals surface area contributed by atoms with E-state index in [0.29, 0.717) is 0 Å². The molecule has 0 saturated heterocycles. The minimum absolute atomic E-state index is 1.37. The van der Waals surface area contributed by atoms with Gasteiger partial charge in [0.2, 0.25) is 0 Å². The lowest BCUT2D eigenvalue weighted by Gasteiger charge is -2.16. The molecular weight excluding hydrogens is 589 g/mol. The van der Waals surface area contributed by atoms with Gasteiger partial charge in [0, 0.05) is 0 Å². The topological polar surface area (TPSA) is 0 Å². The van der Waals surface area contributed by atoms with Crippen LogP contribution in [0, 0.1) is 5.92 Å². The molecule has 0 bridgehead atoms. The van der Waals surface area contributed by atoms with E-state index >= 15 is 0 Å². The van der Waals surface area contributed by atoms with Crippen molar-refractivity contribution in [2.45, 2.75) is 310 Å². The van der Waals surface area contributed by atoms with E-state index in [-0.39, 0.29) is 0 Å². The van der Waals surface area contributed by atoms with Crippen LogP contribution < -0.4 is 0 Å². The van der Waals surface area contributed by atoms with E-state index in [9.17, 15) is 0 Å². The van der Waals surface area contributed by atoms with Gasteiger partial charge in [0.25, 0.3) is 0 Å².